The van der Waals surface area contributed by atoms with E-state index >= 15 is 0 Å². The third kappa shape index (κ3) is 3.83. The first-order chi connectivity index (χ1) is 12.6. The highest BCUT2D eigenvalue weighted by Gasteiger charge is 2.16. The van der Waals surface area contributed by atoms with Crippen LogP contribution in [0.25, 0.3) is 5.69 Å². The van der Waals surface area contributed by atoms with Crippen LogP contribution in [0, 0.1) is 0 Å². The molecule has 0 aliphatic carbocycles. The van der Waals surface area contributed by atoms with Crippen molar-refractivity contribution in [1.82, 2.24) is 19.7 Å². The van der Waals surface area contributed by atoms with E-state index in [9.17, 15) is 4.79 Å². The Labute approximate surface area is 156 Å². The van der Waals surface area contributed by atoms with Crippen LogP contribution in [-0.2, 0) is 0 Å². The van der Waals surface area contributed by atoms with Gasteiger partial charge in [-0.1, -0.05) is 17.7 Å². The SMILES string of the molecule is CCN(CC)c1ncc(Cl)c(C(=O)Nc2cccc(-n3cccn3)c2)n1. The zero-order valence-electron chi connectivity index (χ0n) is 14.6. The van der Waals surface area contributed by atoms with E-state index in [0.29, 0.717) is 11.6 Å². The van der Waals surface area contributed by atoms with E-state index in [2.05, 4.69) is 20.4 Å². The fourth-order valence-corrected chi connectivity index (χ4v) is 2.69. The van der Waals surface area contributed by atoms with Gasteiger partial charge in [-0.3, -0.25) is 4.79 Å². The minimum absolute atomic E-state index is 0.146. The number of hydrogen-bond acceptors (Lipinski definition) is 5. The lowest BCUT2D eigenvalue weighted by molar-refractivity contribution is 0.102. The zero-order valence-corrected chi connectivity index (χ0v) is 15.3. The molecule has 0 aliphatic heterocycles. The van der Waals surface area contributed by atoms with Gasteiger partial charge in [0.25, 0.3) is 5.91 Å². The second-order valence-electron chi connectivity index (χ2n) is 5.49. The van der Waals surface area contributed by atoms with Crippen LogP contribution < -0.4 is 10.2 Å². The van der Waals surface area contributed by atoms with Crippen molar-refractivity contribution in [3.05, 3.63) is 59.6 Å². The Hall–Kier alpha value is -2.93. The molecule has 0 unspecified atom stereocenters. The first kappa shape index (κ1) is 17.9. The Kier molecular flexibility index (Phi) is 5.48. The Balaban J connectivity index is 1.84. The van der Waals surface area contributed by atoms with Gasteiger partial charge in [-0.2, -0.15) is 5.10 Å². The third-order valence-corrected chi connectivity index (χ3v) is 4.14. The molecule has 0 saturated carbocycles. The molecule has 0 aliphatic rings. The molecule has 3 rings (SSSR count). The first-order valence-corrected chi connectivity index (χ1v) is 8.69. The van der Waals surface area contributed by atoms with Crippen LogP contribution in [0.4, 0.5) is 11.6 Å². The number of anilines is 2. The van der Waals surface area contributed by atoms with Gasteiger partial charge in [0.1, 0.15) is 0 Å². The quantitative estimate of drug-likeness (QED) is 0.719. The van der Waals surface area contributed by atoms with Crippen LogP contribution in [0.15, 0.2) is 48.9 Å². The Morgan fingerprint density at radius 2 is 2.08 bits per heavy atom. The predicted molar refractivity (Wildman–Crippen MR) is 102 cm³/mol. The number of hydrogen-bond donors (Lipinski definition) is 1. The Morgan fingerprint density at radius 1 is 1.27 bits per heavy atom. The molecule has 1 amide bonds. The third-order valence-electron chi connectivity index (χ3n) is 3.87. The number of benzene rings is 1. The number of rotatable bonds is 6. The number of carbonyl (C=O) groups excluding carboxylic acids is 1. The molecule has 134 valence electrons. The number of halogens is 1. The second-order valence-corrected chi connectivity index (χ2v) is 5.90. The number of carbonyl (C=O) groups is 1. The van der Waals surface area contributed by atoms with E-state index in [0.717, 1.165) is 18.8 Å². The van der Waals surface area contributed by atoms with Crippen LogP contribution in [0.2, 0.25) is 5.02 Å². The average molecular weight is 371 g/mol. The summed E-state index contributed by atoms with van der Waals surface area (Å²) >= 11 is 6.14. The topological polar surface area (TPSA) is 75.9 Å². The van der Waals surface area contributed by atoms with Crippen molar-refractivity contribution in [3.8, 4) is 5.69 Å². The number of amides is 1. The summed E-state index contributed by atoms with van der Waals surface area (Å²) in [5, 5.41) is 7.23. The van der Waals surface area contributed by atoms with E-state index < -0.39 is 0 Å². The van der Waals surface area contributed by atoms with Gasteiger partial charge < -0.3 is 10.2 Å². The molecule has 3 aromatic rings. The summed E-state index contributed by atoms with van der Waals surface area (Å²) < 4.78 is 1.71. The summed E-state index contributed by atoms with van der Waals surface area (Å²) in [5.74, 6) is 0.0956. The van der Waals surface area contributed by atoms with Gasteiger partial charge in [-0.25, -0.2) is 14.6 Å². The normalized spacial score (nSPS) is 10.6. The highest BCUT2D eigenvalue weighted by molar-refractivity contribution is 6.34. The molecule has 0 atom stereocenters. The molecule has 7 nitrogen and oxygen atoms in total. The molecule has 1 N–H and O–H groups in total. The van der Waals surface area contributed by atoms with Crippen molar-refractivity contribution < 1.29 is 4.79 Å². The summed E-state index contributed by atoms with van der Waals surface area (Å²) in [6.45, 7) is 5.49. The summed E-state index contributed by atoms with van der Waals surface area (Å²) in [4.78, 5) is 23.2. The van der Waals surface area contributed by atoms with E-state index in [1.54, 1.807) is 16.9 Å². The maximum absolute atomic E-state index is 12.7. The van der Waals surface area contributed by atoms with Gasteiger partial charge in [0, 0.05) is 31.2 Å². The average Bonchev–Trinajstić information content (AvgIpc) is 3.19. The maximum atomic E-state index is 12.7. The van der Waals surface area contributed by atoms with Gasteiger partial charge >= 0.3 is 0 Å². The summed E-state index contributed by atoms with van der Waals surface area (Å²) in [5.41, 5.74) is 1.61. The number of nitrogens with one attached hydrogen (secondary N) is 1. The standard InChI is InChI=1S/C18H19ClN6O/c1-3-24(4-2)18-20-12-15(19)16(23-18)17(26)22-13-7-5-8-14(11-13)25-10-6-9-21-25/h5-12H,3-4H2,1-2H3,(H,22,26). The molecule has 1 aromatic carbocycles. The molecular formula is C18H19ClN6O. The number of nitrogens with zero attached hydrogens (tertiary/aromatic N) is 5. The second kappa shape index (κ2) is 7.97. The van der Waals surface area contributed by atoms with Crippen LogP contribution >= 0.6 is 11.6 Å². The molecule has 0 spiro atoms. The fraction of sp³-hybridized carbons (Fsp3) is 0.222. The zero-order chi connectivity index (χ0) is 18.5. The van der Waals surface area contributed by atoms with Crippen molar-refractivity contribution in [2.24, 2.45) is 0 Å². The summed E-state index contributed by atoms with van der Waals surface area (Å²) in [6.07, 6.45) is 4.98. The van der Waals surface area contributed by atoms with Gasteiger partial charge in [0.2, 0.25) is 5.95 Å². The predicted octanol–water partition coefficient (Wildman–Crippen LogP) is 3.41. The summed E-state index contributed by atoms with van der Waals surface area (Å²) in [7, 11) is 0. The summed E-state index contributed by atoms with van der Waals surface area (Å²) in [6, 6.07) is 9.20. The van der Waals surface area contributed by atoms with E-state index in [1.807, 2.05) is 49.2 Å². The molecule has 0 saturated heterocycles. The fourth-order valence-electron chi connectivity index (χ4n) is 2.51. The molecular weight excluding hydrogens is 352 g/mol. The highest BCUT2D eigenvalue weighted by atomic mass is 35.5. The highest BCUT2D eigenvalue weighted by Crippen LogP contribution is 2.19. The minimum atomic E-state index is -0.386. The minimum Gasteiger partial charge on any atom is -0.341 e. The van der Waals surface area contributed by atoms with Crippen molar-refractivity contribution >= 4 is 29.1 Å². The molecule has 0 fully saturated rings. The van der Waals surface area contributed by atoms with Crippen LogP contribution in [0.1, 0.15) is 24.3 Å². The van der Waals surface area contributed by atoms with E-state index in [1.165, 1.54) is 6.20 Å². The van der Waals surface area contributed by atoms with Crippen molar-refractivity contribution in [3.63, 3.8) is 0 Å². The first-order valence-electron chi connectivity index (χ1n) is 8.31. The van der Waals surface area contributed by atoms with Crippen LogP contribution in [-0.4, -0.2) is 38.7 Å². The van der Waals surface area contributed by atoms with E-state index in [4.69, 9.17) is 11.6 Å². The van der Waals surface area contributed by atoms with Gasteiger partial charge in [-0.05, 0) is 38.1 Å². The molecule has 0 radical (unpaired) electrons. The molecule has 2 aromatic heterocycles. The van der Waals surface area contributed by atoms with Crippen LogP contribution in [0.5, 0.6) is 0 Å². The molecule has 26 heavy (non-hydrogen) atoms. The van der Waals surface area contributed by atoms with Crippen molar-refractivity contribution in [1.29, 1.82) is 0 Å². The van der Waals surface area contributed by atoms with Gasteiger partial charge in [0.05, 0.1) is 16.9 Å². The van der Waals surface area contributed by atoms with Crippen LogP contribution in [0.3, 0.4) is 0 Å². The monoisotopic (exact) mass is 370 g/mol. The molecule has 0 bridgehead atoms. The smallest absolute Gasteiger partial charge is 0.276 e. The lowest BCUT2D eigenvalue weighted by Crippen LogP contribution is -2.25. The lowest BCUT2D eigenvalue weighted by Gasteiger charge is -2.19. The number of aromatic nitrogens is 4. The molecule has 2 heterocycles. The Morgan fingerprint density at radius 3 is 2.77 bits per heavy atom. The van der Waals surface area contributed by atoms with E-state index in [-0.39, 0.29) is 16.6 Å². The van der Waals surface area contributed by atoms with Gasteiger partial charge in [-0.15, -0.1) is 0 Å². The van der Waals surface area contributed by atoms with Crippen molar-refractivity contribution in [2.45, 2.75) is 13.8 Å². The largest absolute Gasteiger partial charge is 0.341 e. The van der Waals surface area contributed by atoms with Gasteiger partial charge in [0.15, 0.2) is 5.69 Å². The Bertz CT molecular complexity index is 892. The molecule has 8 heteroatoms. The van der Waals surface area contributed by atoms with Crippen molar-refractivity contribution in [2.75, 3.05) is 23.3 Å². The lowest BCUT2D eigenvalue weighted by atomic mass is 10.2. The maximum Gasteiger partial charge on any atom is 0.276 e.